The van der Waals surface area contributed by atoms with Gasteiger partial charge in [0.2, 0.25) is 5.76 Å². The zero-order valence-corrected chi connectivity index (χ0v) is 13.7. The van der Waals surface area contributed by atoms with Gasteiger partial charge in [-0.1, -0.05) is 11.6 Å². The van der Waals surface area contributed by atoms with E-state index in [4.69, 9.17) is 37.0 Å². The van der Waals surface area contributed by atoms with Crippen LogP contribution in [0.4, 0.5) is 0 Å². The van der Waals surface area contributed by atoms with Crippen LogP contribution in [-0.4, -0.2) is 38.1 Å². The molecule has 0 spiro atoms. The van der Waals surface area contributed by atoms with Gasteiger partial charge < -0.3 is 9.42 Å². The first-order chi connectivity index (χ1) is 8.27. The maximum atomic E-state index is 11.9. The number of nitrogens with zero attached hydrogens (tertiary/aromatic N) is 1. The first-order valence-corrected chi connectivity index (χ1v) is 8.37. The Hall–Kier alpha value is -0.130. The predicted octanol–water partition coefficient (Wildman–Crippen LogP) is 2.86. The number of amides is 1. The summed E-state index contributed by atoms with van der Waals surface area (Å²) in [6.07, 6.45) is 0. The van der Waals surface area contributed by atoms with Gasteiger partial charge in [0.1, 0.15) is 0 Å². The van der Waals surface area contributed by atoms with E-state index in [2.05, 4.69) is 0 Å². The highest BCUT2D eigenvalue weighted by Crippen LogP contribution is 2.52. The lowest BCUT2D eigenvalue weighted by molar-refractivity contribution is -0.127. The lowest BCUT2D eigenvalue weighted by Gasteiger charge is -2.23. The van der Waals surface area contributed by atoms with Gasteiger partial charge in [-0.25, -0.2) is 0 Å². The average Bonchev–Trinajstić information content (AvgIpc) is 2.25. The zero-order chi connectivity index (χ0) is 14.3. The molecule has 0 fully saturated rings. The summed E-state index contributed by atoms with van der Waals surface area (Å²) in [7, 11) is 3.19. The molecule has 0 aliphatic rings. The Labute approximate surface area is 118 Å². The molecule has 0 aliphatic carbocycles. The topological polar surface area (TPSA) is 48.0 Å². The highest BCUT2D eigenvalue weighted by molar-refractivity contribution is 8.07. The van der Waals surface area contributed by atoms with Crippen LogP contribution in [0.3, 0.4) is 0 Å². The summed E-state index contributed by atoms with van der Waals surface area (Å²) < 4.78 is 16.0. The maximum Gasteiger partial charge on any atom is 0.380 e. The van der Waals surface area contributed by atoms with Crippen LogP contribution in [0.5, 0.6) is 0 Å². The second kappa shape index (κ2) is 8.12. The molecule has 0 radical (unpaired) electrons. The molecule has 18 heavy (non-hydrogen) atoms. The Kier molecular flexibility index (Phi) is 8.06. The fourth-order valence-corrected chi connectivity index (χ4v) is 3.25. The molecule has 0 N–H and O–H groups in total. The largest absolute Gasteiger partial charge is 0.417 e. The van der Waals surface area contributed by atoms with Crippen LogP contribution < -0.4 is 0 Å². The second-order valence-corrected chi connectivity index (χ2v) is 6.94. The van der Waals surface area contributed by atoms with Crippen molar-refractivity contribution in [3.05, 3.63) is 10.8 Å². The summed E-state index contributed by atoms with van der Waals surface area (Å²) in [4.78, 5) is 13.2. The normalized spacial score (nSPS) is 13.0. The molecule has 0 heterocycles. The number of carbonyl (C=O) groups is 1. The highest BCUT2D eigenvalue weighted by Gasteiger charge is 2.27. The Balaban J connectivity index is 5.15. The third-order valence-corrected chi connectivity index (χ3v) is 4.27. The lowest BCUT2D eigenvalue weighted by atomic mass is 10.4. The van der Waals surface area contributed by atoms with Gasteiger partial charge in [0, 0.05) is 25.9 Å². The SMILES string of the molecule is CCOP(=S)(OCC)OC(C(=O)N(C)C)=C(C)Cl. The molecule has 106 valence electrons. The second-order valence-electron chi connectivity index (χ2n) is 3.44. The third-order valence-electron chi connectivity index (χ3n) is 1.69. The number of hydrogen-bond donors (Lipinski definition) is 0. The molecule has 5 nitrogen and oxygen atoms in total. The molecule has 0 saturated carbocycles. The summed E-state index contributed by atoms with van der Waals surface area (Å²) in [6, 6.07) is 0. The molecule has 0 aliphatic heterocycles. The van der Waals surface area contributed by atoms with Gasteiger partial charge in [-0.15, -0.1) is 0 Å². The van der Waals surface area contributed by atoms with E-state index in [0.717, 1.165) is 0 Å². The molecule has 1 amide bonds. The lowest BCUT2D eigenvalue weighted by Crippen LogP contribution is -2.25. The highest BCUT2D eigenvalue weighted by atomic mass is 35.5. The molecule has 0 unspecified atom stereocenters. The number of hydrogen-bond acceptors (Lipinski definition) is 5. The van der Waals surface area contributed by atoms with E-state index < -0.39 is 6.72 Å². The van der Waals surface area contributed by atoms with E-state index in [1.54, 1.807) is 34.9 Å². The molecule has 0 saturated heterocycles. The van der Waals surface area contributed by atoms with Crippen LogP contribution in [0.1, 0.15) is 20.8 Å². The number of likely N-dealkylation sites (N-methyl/N-ethyl adjacent to an activating group) is 1. The van der Waals surface area contributed by atoms with Gasteiger partial charge in [0.15, 0.2) is 0 Å². The minimum absolute atomic E-state index is 0.0353. The van der Waals surface area contributed by atoms with Crippen LogP contribution in [0.2, 0.25) is 0 Å². The summed E-state index contributed by atoms with van der Waals surface area (Å²) in [5, 5.41) is 0.210. The Morgan fingerprint density at radius 1 is 1.28 bits per heavy atom. The summed E-state index contributed by atoms with van der Waals surface area (Å²) >= 11 is 11.0. The van der Waals surface area contributed by atoms with E-state index in [0.29, 0.717) is 13.2 Å². The standard InChI is InChI=1S/C10H19ClNO4PS/c1-6-14-17(18,15-7-2)16-9(8(3)11)10(13)12(4)5/h6-7H2,1-5H3. The zero-order valence-electron chi connectivity index (χ0n) is 11.2. The molecular formula is C10H19ClNO4PS. The first-order valence-electron chi connectivity index (χ1n) is 5.44. The van der Waals surface area contributed by atoms with Crippen molar-refractivity contribution in [2.75, 3.05) is 27.3 Å². The van der Waals surface area contributed by atoms with Crippen molar-refractivity contribution in [3.63, 3.8) is 0 Å². The predicted molar refractivity (Wildman–Crippen MR) is 75.9 cm³/mol. The Morgan fingerprint density at radius 3 is 2.00 bits per heavy atom. The van der Waals surface area contributed by atoms with E-state index in [9.17, 15) is 4.79 Å². The van der Waals surface area contributed by atoms with E-state index >= 15 is 0 Å². The molecule has 0 rings (SSSR count). The van der Waals surface area contributed by atoms with E-state index in [-0.39, 0.29) is 16.7 Å². The van der Waals surface area contributed by atoms with Gasteiger partial charge in [0.05, 0.1) is 18.2 Å². The molecule has 0 aromatic carbocycles. The van der Waals surface area contributed by atoms with Gasteiger partial charge in [0.25, 0.3) is 5.91 Å². The first kappa shape index (κ1) is 17.9. The maximum absolute atomic E-state index is 11.9. The van der Waals surface area contributed by atoms with Crippen molar-refractivity contribution in [2.45, 2.75) is 20.8 Å². The van der Waals surface area contributed by atoms with Crippen molar-refractivity contribution in [1.82, 2.24) is 4.90 Å². The van der Waals surface area contributed by atoms with Gasteiger partial charge in [-0.3, -0.25) is 13.8 Å². The minimum atomic E-state index is -2.98. The van der Waals surface area contributed by atoms with Gasteiger partial charge in [-0.05, 0) is 20.8 Å². The van der Waals surface area contributed by atoms with Crippen molar-refractivity contribution in [3.8, 4) is 0 Å². The fraction of sp³-hybridized carbons (Fsp3) is 0.700. The number of rotatable bonds is 7. The number of allylic oxidation sites excluding steroid dienone is 1. The molecule has 8 heteroatoms. The molecule has 0 aromatic heterocycles. The fourth-order valence-electron chi connectivity index (χ4n) is 0.970. The molecular weight excluding hydrogens is 297 g/mol. The molecule has 0 bridgehead atoms. The third kappa shape index (κ3) is 5.67. The van der Waals surface area contributed by atoms with Crippen LogP contribution in [0.15, 0.2) is 10.8 Å². The Morgan fingerprint density at radius 2 is 1.72 bits per heavy atom. The minimum Gasteiger partial charge on any atom is -0.417 e. The van der Waals surface area contributed by atoms with Crippen LogP contribution >= 0.6 is 18.3 Å². The van der Waals surface area contributed by atoms with Crippen molar-refractivity contribution in [2.24, 2.45) is 0 Å². The summed E-state index contributed by atoms with van der Waals surface area (Å²) in [6.45, 7) is 2.79. The smallest absolute Gasteiger partial charge is 0.380 e. The molecule has 0 aromatic rings. The van der Waals surface area contributed by atoms with Gasteiger partial charge in [-0.2, -0.15) is 0 Å². The van der Waals surface area contributed by atoms with Crippen LogP contribution in [0, 0.1) is 0 Å². The van der Waals surface area contributed by atoms with Crippen molar-refractivity contribution >= 4 is 36.0 Å². The summed E-state index contributed by atoms with van der Waals surface area (Å²) in [5.74, 6) is -0.414. The van der Waals surface area contributed by atoms with E-state index in [1.165, 1.54) is 4.90 Å². The Bertz CT molecular complexity index is 359. The number of carbonyl (C=O) groups excluding carboxylic acids is 1. The molecule has 0 atom stereocenters. The summed E-state index contributed by atoms with van der Waals surface area (Å²) in [5.41, 5.74) is 0. The van der Waals surface area contributed by atoms with Crippen molar-refractivity contribution < 1.29 is 18.4 Å². The van der Waals surface area contributed by atoms with Crippen LogP contribution in [0.25, 0.3) is 0 Å². The van der Waals surface area contributed by atoms with Crippen LogP contribution in [-0.2, 0) is 30.2 Å². The quantitative estimate of drug-likeness (QED) is 0.411. The van der Waals surface area contributed by atoms with Gasteiger partial charge >= 0.3 is 6.72 Å². The average molecular weight is 316 g/mol. The number of halogens is 1. The van der Waals surface area contributed by atoms with Crippen molar-refractivity contribution in [1.29, 1.82) is 0 Å². The van der Waals surface area contributed by atoms with E-state index in [1.807, 2.05) is 0 Å². The monoisotopic (exact) mass is 315 g/mol.